The molecule has 1 atom stereocenters. The molecule has 166 valence electrons. The molecule has 0 bridgehead atoms. The lowest BCUT2D eigenvalue weighted by Crippen LogP contribution is -2.28. The van der Waals surface area contributed by atoms with Gasteiger partial charge < -0.3 is 14.8 Å². The van der Waals surface area contributed by atoms with Crippen LogP contribution in [0.1, 0.15) is 23.9 Å². The minimum Gasteiger partial charge on any atom is -0.328 e. The first-order valence-electron chi connectivity index (χ1n) is 10.7. The topological polar surface area (TPSA) is 93.8 Å². The summed E-state index contributed by atoms with van der Waals surface area (Å²) in [5.41, 5.74) is 3.67. The number of carbonyl (C=O) groups excluding carboxylic acids is 1. The van der Waals surface area contributed by atoms with Crippen LogP contribution in [-0.4, -0.2) is 61.2 Å². The number of aromatic nitrogens is 6. The van der Waals surface area contributed by atoms with Crippen LogP contribution in [0.3, 0.4) is 0 Å². The predicted molar refractivity (Wildman–Crippen MR) is 123 cm³/mol. The normalized spacial score (nSPS) is 12.4. The van der Waals surface area contributed by atoms with Crippen LogP contribution in [-0.2, 0) is 17.8 Å². The minimum atomic E-state index is -0.562. The molecule has 2 aromatic heterocycles. The SMILES string of the molecule is Cc1nc2cc(NC(=O)C(Cc3ccccc3)n3cnnn3)ccc2n1CCCN(C)C. The van der Waals surface area contributed by atoms with E-state index < -0.39 is 6.04 Å². The van der Waals surface area contributed by atoms with Crippen LogP contribution in [0.15, 0.2) is 54.9 Å². The molecule has 9 nitrogen and oxygen atoms in total. The molecule has 9 heteroatoms. The Morgan fingerprint density at radius 2 is 1.97 bits per heavy atom. The molecule has 32 heavy (non-hydrogen) atoms. The third kappa shape index (κ3) is 5.00. The van der Waals surface area contributed by atoms with Crippen molar-refractivity contribution in [2.75, 3.05) is 26.0 Å². The molecule has 0 saturated carbocycles. The minimum absolute atomic E-state index is 0.178. The van der Waals surface area contributed by atoms with Crippen molar-refractivity contribution < 1.29 is 4.79 Å². The summed E-state index contributed by atoms with van der Waals surface area (Å²) in [4.78, 5) is 20.1. The highest BCUT2D eigenvalue weighted by molar-refractivity contribution is 5.95. The Morgan fingerprint density at radius 1 is 1.16 bits per heavy atom. The van der Waals surface area contributed by atoms with E-state index in [-0.39, 0.29) is 5.91 Å². The van der Waals surface area contributed by atoms with Gasteiger partial charge in [0.25, 0.3) is 0 Å². The number of nitrogens with one attached hydrogen (secondary N) is 1. The quantitative estimate of drug-likeness (QED) is 0.437. The summed E-state index contributed by atoms with van der Waals surface area (Å²) in [6, 6.07) is 15.1. The third-order valence-corrected chi connectivity index (χ3v) is 5.45. The van der Waals surface area contributed by atoms with Crippen molar-refractivity contribution in [1.82, 2.24) is 34.7 Å². The van der Waals surface area contributed by atoms with Crippen LogP contribution < -0.4 is 5.32 Å². The van der Waals surface area contributed by atoms with Gasteiger partial charge in [-0.25, -0.2) is 9.67 Å². The van der Waals surface area contributed by atoms with E-state index in [1.165, 1.54) is 11.0 Å². The zero-order valence-corrected chi connectivity index (χ0v) is 18.6. The Balaban J connectivity index is 1.52. The second kappa shape index (κ2) is 9.69. The van der Waals surface area contributed by atoms with E-state index in [9.17, 15) is 4.79 Å². The third-order valence-electron chi connectivity index (χ3n) is 5.45. The second-order valence-electron chi connectivity index (χ2n) is 8.16. The smallest absolute Gasteiger partial charge is 0.249 e. The fourth-order valence-corrected chi connectivity index (χ4v) is 3.84. The summed E-state index contributed by atoms with van der Waals surface area (Å²) in [6.07, 6.45) is 3.00. The molecule has 0 fully saturated rings. The number of anilines is 1. The number of imidazole rings is 1. The van der Waals surface area contributed by atoms with Gasteiger partial charge in [-0.05, 0) is 68.2 Å². The lowest BCUT2D eigenvalue weighted by molar-refractivity contribution is -0.119. The Bertz CT molecular complexity index is 1170. The average molecular weight is 433 g/mol. The molecule has 1 unspecified atom stereocenters. The highest BCUT2D eigenvalue weighted by atomic mass is 16.2. The lowest BCUT2D eigenvalue weighted by atomic mass is 10.1. The molecule has 1 N–H and O–H groups in total. The zero-order chi connectivity index (χ0) is 22.5. The molecule has 0 aliphatic rings. The first-order valence-corrected chi connectivity index (χ1v) is 10.7. The van der Waals surface area contributed by atoms with Gasteiger partial charge in [-0.2, -0.15) is 0 Å². The summed E-state index contributed by atoms with van der Waals surface area (Å²) >= 11 is 0. The standard InChI is InChI=1S/C23H28N8O/c1-17-25-20-15-19(10-11-21(20)30(17)13-7-12-29(2)3)26-23(32)22(31-16-24-27-28-31)14-18-8-5-4-6-9-18/h4-6,8-11,15-16,22H,7,12-14H2,1-3H3,(H,26,32). The fraction of sp³-hybridized carbons (Fsp3) is 0.348. The van der Waals surface area contributed by atoms with E-state index in [0.29, 0.717) is 12.1 Å². The summed E-state index contributed by atoms with van der Waals surface area (Å²) in [5.74, 6) is 0.792. The van der Waals surface area contributed by atoms with Crippen LogP contribution in [0.2, 0.25) is 0 Å². The molecule has 4 rings (SSSR count). The molecule has 2 heterocycles. The molecule has 1 amide bonds. The van der Waals surface area contributed by atoms with Crippen LogP contribution in [0.25, 0.3) is 11.0 Å². The maximum absolute atomic E-state index is 13.2. The van der Waals surface area contributed by atoms with Crippen molar-refractivity contribution in [3.63, 3.8) is 0 Å². The number of hydrogen-bond donors (Lipinski definition) is 1. The van der Waals surface area contributed by atoms with Crippen molar-refractivity contribution in [3.8, 4) is 0 Å². The van der Waals surface area contributed by atoms with Gasteiger partial charge in [-0.15, -0.1) is 5.10 Å². The Labute approximate surface area is 187 Å². The second-order valence-corrected chi connectivity index (χ2v) is 8.16. The summed E-state index contributed by atoms with van der Waals surface area (Å²) in [5, 5.41) is 14.4. The number of hydrogen-bond acceptors (Lipinski definition) is 6. The Hall–Kier alpha value is -3.59. The molecular weight excluding hydrogens is 404 g/mol. The Kier molecular flexibility index (Phi) is 6.55. The zero-order valence-electron chi connectivity index (χ0n) is 18.6. The number of aryl methyl sites for hydroxylation is 2. The van der Waals surface area contributed by atoms with Gasteiger partial charge in [0.2, 0.25) is 5.91 Å². The van der Waals surface area contributed by atoms with Crippen LogP contribution in [0, 0.1) is 6.92 Å². The first-order chi connectivity index (χ1) is 15.5. The van der Waals surface area contributed by atoms with Gasteiger partial charge in [0, 0.05) is 18.7 Å². The molecule has 0 radical (unpaired) electrons. The molecule has 4 aromatic rings. The first kappa shape index (κ1) is 21.6. The van der Waals surface area contributed by atoms with Crippen LogP contribution in [0.5, 0.6) is 0 Å². The summed E-state index contributed by atoms with van der Waals surface area (Å²) in [6.45, 7) is 3.94. The van der Waals surface area contributed by atoms with Crippen LogP contribution in [0.4, 0.5) is 5.69 Å². The van der Waals surface area contributed by atoms with Crippen molar-refractivity contribution in [3.05, 3.63) is 66.2 Å². The van der Waals surface area contributed by atoms with Crippen molar-refractivity contribution in [2.24, 2.45) is 0 Å². The Morgan fingerprint density at radius 3 is 2.69 bits per heavy atom. The van der Waals surface area contributed by atoms with E-state index in [0.717, 1.165) is 41.9 Å². The van der Waals surface area contributed by atoms with Gasteiger partial charge >= 0.3 is 0 Å². The number of tetrazole rings is 1. The molecule has 0 spiro atoms. The number of benzene rings is 2. The molecule has 0 aliphatic heterocycles. The van der Waals surface area contributed by atoms with E-state index in [4.69, 9.17) is 4.98 Å². The number of amides is 1. The van der Waals surface area contributed by atoms with E-state index in [1.54, 1.807) is 0 Å². The number of rotatable bonds is 9. The number of nitrogens with zero attached hydrogens (tertiary/aromatic N) is 7. The van der Waals surface area contributed by atoms with Gasteiger partial charge in [-0.1, -0.05) is 30.3 Å². The number of fused-ring (bicyclic) bond motifs is 1. The van der Waals surface area contributed by atoms with E-state index in [2.05, 4.69) is 44.4 Å². The largest absolute Gasteiger partial charge is 0.328 e. The monoisotopic (exact) mass is 432 g/mol. The molecular formula is C23H28N8O. The highest BCUT2D eigenvalue weighted by Gasteiger charge is 2.23. The predicted octanol–water partition coefficient (Wildman–Crippen LogP) is 2.71. The van der Waals surface area contributed by atoms with E-state index in [1.807, 2.05) is 55.5 Å². The maximum Gasteiger partial charge on any atom is 0.249 e. The number of carbonyl (C=O) groups is 1. The molecule has 0 saturated heterocycles. The van der Waals surface area contributed by atoms with Gasteiger partial charge in [0.15, 0.2) is 0 Å². The summed E-state index contributed by atoms with van der Waals surface area (Å²) in [7, 11) is 4.16. The van der Waals surface area contributed by atoms with Gasteiger partial charge in [0.05, 0.1) is 11.0 Å². The van der Waals surface area contributed by atoms with Crippen LogP contribution >= 0.6 is 0 Å². The van der Waals surface area contributed by atoms with Gasteiger partial charge in [0.1, 0.15) is 18.2 Å². The highest BCUT2D eigenvalue weighted by Crippen LogP contribution is 2.22. The molecule has 2 aromatic carbocycles. The maximum atomic E-state index is 13.2. The lowest BCUT2D eigenvalue weighted by Gasteiger charge is -2.16. The van der Waals surface area contributed by atoms with Crippen molar-refractivity contribution in [2.45, 2.75) is 32.4 Å². The summed E-state index contributed by atoms with van der Waals surface area (Å²) < 4.78 is 3.72. The van der Waals surface area contributed by atoms with E-state index >= 15 is 0 Å². The average Bonchev–Trinajstić information content (AvgIpc) is 3.40. The van der Waals surface area contributed by atoms with Crippen molar-refractivity contribution >= 4 is 22.6 Å². The molecule has 0 aliphatic carbocycles. The fourth-order valence-electron chi connectivity index (χ4n) is 3.84. The van der Waals surface area contributed by atoms with Gasteiger partial charge in [-0.3, -0.25) is 4.79 Å². The van der Waals surface area contributed by atoms with Crippen molar-refractivity contribution in [1.29, 1.82) is 0 Å².